The summed E-state index contributed by atoms with van der Waals surface area (Å²) in [7, 11) is 0. The van der Waals surface area contributed by atoms with Crippen LogP contribution in [0.3, 0.4) is 0 Å². The highest BCUT2D eigenvalue weighted by atomic mass is 32.2. The van der Waals surface area contributed by atoms with Gasteiger partial charge in [0.25, 0.3) is 0 Å². The molecule has 1 aliphatic rings. The van der Waals surface area contributed by atoms with Crippen LogP contribution >= 0.6 is 11.8 Å². The van der Waals surface area contributed by atoms with E-state index >= 15 is 0 Å². The van der Waals surface area contributed by atoms with Gasteiger partial charge < -0.3 is 9.84 Å². The van der Waals surface area contributed by atoms with Crippen molar-refractivity contribution in [1.29, 1.82) is 0 Å². The number of fused-ring (bicyclic) bond motifs is 1. The van der Waals surface area contributed by atoms with E-state index < -0.39 is 0 Å². The second-order valence-electron chi connectivity index (χ2n) is 4.36. The molecule has 0 saturated heterocycles. The molecule has 2 nitrogen and oxygen atoms in total. The van der Waals surface area contributed by atoms with Gasteiger partial charge in [-0.1, -0.05) is 30.8 Å². The summed E-state index contributed by atoms with van der Waals surface area (Å²) in [5, 5.41) is 9.19. The molecule has 0 bridgehead atoms. The smallest absolute Gasteiger partial charge is 0.153 e. The van der Waals surface area contributed by atoms with Gasteiger partial charge in [0.15, 0.2) is 4.93 Å². The van der Waals surface area contributed by atoms with Gasteiger partial charge in [0.1, 0.15) is 5.75 Å². The van der Waals surface area contributed by atoms with Gasteiger partial charge in [-0.3, -0.25) is 0 Å². The highest BCUT2D eigenvalue weighted by Gasteiger charge is 2.33. The molecule has 1 unspecified atom stereocenters. The Balaban J connectivity index is 2.41. The van der Waals surface area contributed by atoms with Crippen LogP contribution in [-0.4, -0.2) is 16.6 Å². The Labute approximate surface area is 94.6 Å². The van der Waals surface area contributed by atoms with Gasteiger partial charge in [-0.15, -0.1) is 0 Å². The van der Waals surface area contributed by atoms with Gasteiger partial charge in [0.2, 0.25) is 0 Å². The number of thioether (sulfide) groups is 1. The molecule has 1 atom stereocenters. The minimum Gasteiger partial charge on any atom is -0.475 e. The minimum atomic E-state index is -0.187. The number of aliphatic hydroxyl groups excluding tert-OH is 1. The maximum Gasteiger partial charge on any atom is 0.153 e. The Hall–Kier alpha value is -0.670. The van der Waals surface area contributed by atoms with E-state index in [0.29, 0.717) is 0 Å². The molecule has 0 spiro atoms. The van der Waals surface area contributed by atoms with Crippen LogP contribution in [0.4, 0.5) is 0 Å². The number of hydrogen-bond acceptors (Lipinski definition) is 3. The van der Waals surface area contributed by atoms with Crippen molar-refractivity contribution < 1.29 is 9.84 Å². The molecule has 2 rings (SSSR count). The summed E-state index contributed by atoms with van der Waals surface area (Å²) in [6, 6.07) is 6.13. The maximum absolute atomic E-state index is 9.19. The van der Waals surface area contributed by atoms with Crippen molar-refractivity contribution in [3.8, 4) is 5.75 Å². The van der Waals surface area contributed by atoms with E-state index in [1.165, 1.54) is 4.90 Å². The molecule has 15 heavy (non-hydrogen) atoms. The number of rotatable bonds is 2. The molecule has 0 amide bonds. The number of para-hydroxylation sites is 1. The Bertz CT molecular complexity index is 374. The van der Waals surface area contributed by atoms with Crippen LogP contribution in [0, 0.1) is 0 Å². The molecular weight excluding hydrogens is 208 g/mol. The van der Waals surface area contributed by atoms with Crippen LogP contribution in [0.5, 0.6) is 5.75 Å². The monoisotopic (exact) mass is 224 g/mol. The Morgan fingerprint density at radius 3 is 2.87 bits per heavy atom. The molecule has 1 heterocycles. The van der Waals surface area contributed by atoms with E-state index in [2.05, 4.69) is 19.9 Å². The first kappa shape index (κ1) is 10.8. The van der Waals surface area contributed by atoms with E-state index in [0.717, 1.165) is 11.3 Å². The normalized spacial score (nSPS) is 19.5. The van der Waals surface area contributed by atoms with E-state index in [1.54, 1.807) is 11.8 Å². The number of benzene rings is 1. The molecule has 0 fully saturated rings. The summed E-state index contributed by atoms with van der Waals surface area (Å²) in [6.07, 6.45) is 0. The molecule has 1 aromatic carbocycles. The molecule has 82 valence electrons. The molecular formula is C12H16O2S. The van der Waals surface area contributed by atoms with Crippen molar-refractivity contribution in [1.82, 2.24) is 0 Å². The molecule has 0 aliphatic carbocycles. The lowest BCUT2D eigenvalue weighted by Gasteiger charge is -2.18. The lowest BCUT2D eigenvalue weighted by molar-refractivity contribution is 0.207. The van der Waals surface area contributed by atoms with Crippen molar-refractivity contribution in [3.63, 3.8) is 0 Å². The van der Waals surface area contributed by atoms with Crippen LogP contribution in [0.2, 0.25) is 0 Å². The largest absolute Gasteiger partial charge is 0.475 e. The standard InChI is InChI=1S/C12H16O2S/c1-8(7-13)9-5-4-6-10-11(9)14-12(2,3)15-10/h4-6,8,13H,7H2,1-3H3. The van der Waals surface area contributed by atoms with E-state index in [9.17, 15) is 5.11 Å². The third kappa shape index (κ3) is 1.99. The van der Waals surface area contributed by atoms with Gasteiger partial charge in [-0.05, 0) is 19.9 Å². The maximum atomic E-state index is 9.19. The van der Waals surface area contributed by atoms with Crippen molar-refractivity contribution in [2.24, 2.45) is 0 Å². The van der Waals surface area contributed by atoms with Crippen molar-refractivity contribution in [2.45, 2.75) is 36.5 Å². The van der Waals surface area contributed by atoms with Crippen LogP contribution in [0.1, 0.15) is 32.3 Å². The minimum absolute atomic E-state index is 0.134. The zero-order valence-corrected chi connectivity index (χ0v) is 10.1. The quantitative estimate of drug-likeness (QED) is 0.837. The van der Waals surface area contributed by atoms with Crippen LogP contribution in [0.25, 0.3) is 0 Å². The highest BCUT2D eigenvalue weighted by Crippen LogP contribution is 2.49. The Kier molecular flexibility index (Phi) is 2.69. The van der Waals surface area contributed by atoms with Gasteiger partial charge in [0.05, 0.1) is 4.90 Å². The molecule has 0 radical (unpaired) electrons. The fourth-order valence-corrected chi connectivity index (χ4v) is 2.79. The third-order valence-corrected chi connectivity index (χ3v) is 3.63. The highest BCUT2D eigenvalue weighted by molar-refractivity contribution is 8.00. The first-order valence-electron chi connectivity index (χ1n) is 5.15. The molecule has 0 saturated carbocycles. The summed E-state index contributed by atoms with van der Waals surface area (Å²) in [5.74, 6) is 1.09. The van der Waals surface area contributed by atoms with Crippen molar-refractivity contribution >= 4 is 11.8 Å². The van der Waals surface area contributed by atoms with E-state index in [1.807, 2.05) is 19.1 Å². The Morgan fingerprint density at radius 1 is 1.47 bits per heavy atom. The number of aliphatic hydroxyl groups is 1. The SMILES string of the molecule is CC(CO)c1cccc2c1OC(C)(C)S2. The second-order valence-corrected chi connectivity index (χ2v) is 5.99. The summed E-state index contributed by atoms with van der Waals surface area (Å²) >= 11 is 1.73. The Morgan fingerprint density at radius 2 is 2.20 bits per heavy atom. The molecule has 1 aromatic rings. The van der Waals surface area contributed by atoms with Crippen LogP contribution in [0.15, 0.2) is 23.1 Å². The fourth-order valence-electron chi connectivity index (χ4n) is 1.74. The lowest BCUT2D eigenvalue weighted by Crippen LogP contribution is -2.18. The molecule has 0 aromatic heterocycles. The average Bonchev–Trinajstić information content (AvgIpc) is 2.49. The zero-order chi connectivity index (χ0) is 11.1. The van der Waals surface area contributed by atoms with Crippen molar-refractivity contribution in [3.05, 3.63) is 23.8 Å². The van der Waals surface area contributed by atoms with Crippen LogP contribution < -0.4 is 4.74 Å². The van der Waals surface area contributed by atoms with Gasteiger partial charge >= 0.3 is 0 Å². The summed E-state index contributed by atoms with van der Waals surface area (Å²) in [5.41, 5.74) is 1.10. The predicted molar refractivity (Wildman–Crippen MR) is 62.5 cm³/mol. The number of ether oxygens (including phenoxy) is 1. The lowest BCUT2D eigenvalue weighted by atomic mass is 10.0. The third-order valence-electron chi connectivity index (χ3n) is 2.52. The van der Waals surface area contributed by atoms with Gasteiger partial charge in [0, 0.05) is 18.1 Å². The van der Waals surface area contributed by atoms with Crippen LogP contribution in [-0.2, 0) is 0 Å². The van der Waals surface area contributed by atoms with Gasteiger partial charge in [-0.25, -0.2) is 0 Å². The first-order valence-corrected chi connectivity index (χ1v) is 5.97. The van der Waals surface area contributed by atoms with Crippen molar-refractivity contribution in [2.75, 3.05) is 6.61 Å². The van der Waals surface area contributed by atoms with E-state index in [4.69, 9.17) is 4.74 Å². The summed E-state index contributed by atoms with van der Waals surface area (Å²) in [6.45, 7) is 6.29. The molecule has 1 aliphatic heterocycles. The summed E-state index contributed by atoms with van der Waals surface area (Å²) in [4.78, 5) is 0.992. The predicted octanol–water partition coefficient (Wildman–Crippen LogP) is 3.00. The average molecular weight is 224 g/mol. The topological polar surface area (TPSA) is 29.5 Å². The second kappa shape index (κ2) is 3.72. The van der Waals surface area contributed by atoms with E-state index in [-0.39, 0.29) is 17.5 Å². The zero-order valence-electron chi connectivity index (χ0n) is 9.28. The molecule has 1 N–H and O–H groups in total. The fraction of sp³-hybridized carbons (Fsp3) is 0.500. The van der Waals surface area contributed by atoms with Gasteiger partial charge in [-0.2, -0.15) is 0 Å². The number of hydrogen-bond donors (Lipinski definition) is 1. The summed E-state index contributed by atoms with van der Waals surface area (Å²) < 4.78 is 5.90. The molecule has 3 heteroatoms. The first-order chi connectivity index (χ1) is 7.03.